The second-order valence-corrected chi connectivity index (χ2v) is 6.47. The first-order valence-electron chi connectivity index (χ1n) is 6.96. The van der Waals surface area contributed by atoms with Crippen LogP contribution in [0.25, 0.3) is 11.5 Å². The molecule has 0 aliphatic carbocycles. The van der Waals surface area contributed by atoms with E-state index in [1.54, 1.807) is 11.3 Å². The van der Waals surface area contributed by atoms with Crippen LogP contribution < -0.4 is 0 Å². The molecule has 0 aliphatic heterocycles. The van der Waals surface area contributed by atoms with Gasteiger partial charge in [-0.1, -0.05) is 29.8 Å². The molecule has 0 fully saturated rings. The minimum Gasteiger partial charge on any atom is -0.419 e. The summed E-state index contributed by atoms with van der Waals surface area (Å²) in [5, 5.41) is 10.9. The first-order valence-corrected chi connectivity index (χ1v) is 8.22. The fourth-order valence-electron chi connectivity index (χ4n) is 2.16. The first kappa shape index (κ1) is 15.2. The van der Waals surface area contributed by atoms with E-state index in [9.17, 15) is 0 Å². The van der Waals surface area contributed by atoms with Crippen molar-refractivity contribution in [3.05, 3.63) is 57.6 Å². The van der Waals surface area contributed by atoms with Crippen molar-refractivity contribution in [1.29, 1.82) is 0 Å². The Labute approximate surface area is 138 Å². The molecule has 2 aromatic heterocycles. The molecule has 3 aromatic rings. The number of benzene rings is 1. The van der Waals surface area contributed by atoms with Crippen molar-refractivity contribution < 1.29 is 4.42 Å². The number of hydrogen-bond donors (Lipinski definition) is 0. The van der Waals surface area contributed by atoms with E-state index in [-0.39, 0.29) is 0 Å². The molecule has 1 unspecified atom stereocenters. The zero-order valence-electron chi connectivity index (χ0n) is 12.4. The van der Waals surface area contributed by atoms with Gasteiger partial charge in [0.05, 0.1) is 17.1 Å². The second-order valence-electron chi connectivity index (χ2n) is 5.09. The first-order chi connectivity index (χ1) is 10.6. The summed E-state index contributed by atoms with van der Waals surface area (Å²) in [6.07, 6.45) is 0. The highest BCUT2D eigenvalue weighted by Gasteiger charge is 2.17. The number of nitrogens with zero attached hydrogens (tertiary/aromatic N) is 3. The summed E-state index contributed by atoms with van der Waals surface area (Å²) in [7, 11) is 2.05. The Bertz CT molecular complexity index is 741. The van der Waals surface area contributed by atoms with Crippen LogP contribution in [0.1, 0.15) is 23.7 Å². The molecule has 4 nitrogen and oxygen atoms in total. The summed E-state index contributed by atoms with van der Waals surface area (Å²) in [5.41, 5.74) is 0.761. The highest BCUT2D eigenvalue weighted by atomic mass is 35.5. The Morgan fingerprint density at radius 2 is 2.05 bits per heavy atom. The highest BCUT2D eigenvalue weighted by molar-refractivity contribution is 7.10. The summed E-state index contributed by atoms with van der Waals surface area (Å²) in [6, 6.07) is 12.0. The van der Waals surface area contributed by atoms with E-state index in [4.69, 9.17) is 16.0 Å². The van der Waals surface area contributed by atoms with Crippen molar-refractivity contribution in [1.82, 2.24) is 15.1 Å². The van der Waals surface area contributed by atoms with Crippen LogP contribution in [-0.4, -0.2) is 22.1 Å². The zero-order chi connectivity index (χ0) is 15.5. The molecule has 3 rings (SSSR count). The SMILES string of the molecule is CC(c1cccs1)N(C)Cc1nnc(-c2ccccc2Cl)o1. The van der Waals surface area contributed by atoms with Crippen LogP contribution in [0, 0.1) is 0 Å². The zero-order valence-corrected chi connectivity index (χ0v) is 13.9. The summed E-state index contributed by atoms with van der Waals surface area (Å²) in [6.45, 7) is 2.76. The van der Waals surface area contributed by atoms with Crippen molar-refractivity contribution in [2.24, 2.45) is 0 Å². The molecule has 1 atom stereocenters. The van der Waals surface area contributed by atoms with Gasteiger partial charge >= 0.3 is 0 Å². The predicted octanol–water partition coefficient (Wildman–Crippen LogP) is 4.64. The highest BCUT2D eigenvalue weighted by Crippen LogP contribution is 2.28. The van der Waals surface area contributed by atoms with E-state index in [0.717, 1.165) is 5.56 Å². The molecule has 2 heterocycles. The van der Waals surface area contributed by atoms with Gasteiger partial charge in [-0.2, -0.15) is 0 Å². The molecule has 0 aliphatic rings. The number of halogens is 1. The Morgan fingerprint density at radius 3 is 2.77 bits per heavy atom. The van der Waals surface area contributed by atoms with Crippen molar-refractivity contribution >= 4 is 22.9 Å². The number of rotatable bonds is 5. The lowest BCUT2D eigenvalue weighted by molar-refractivity contribution is 0.231. The van der Waals surface area contributed by atoms with Crippen LogP contribution in [0.15, 0.2) is 46.2 Å². The van der Waals surface area contributed by atoms with Gasteiger partial charge in [-0.3, -0.25) is 4.90 Å². The molecule has 0 saturated heterocycles. The minimum atomic E-state index is 0.302. The molecule has 0 amide bonds. The third-order valence-electron chi connectivity index (χ3n) is 3.57. The normalized spacial score (nSPS) is 12.7. The van der Waals surface area contributed by atoms with E-state index < -0.39 is 0 Å². The maximum absolute atomic E-state index is 6.15. The van der Waals surface area contributed by atoms with Gasteiger partial charge in [0.25, 0.3) is 0 Å². The smallest absolute Gasteiger partial charge is 0.249 e. The maximum atomic E-state index is 6.15. The van der Waals surface area contributed by atoms with Gasteiger partial charge in [-0.05, 0) is 37.6 Å². The Kier molecular flexibility index (Phi) is 4.57. The van der Waals surface area contributed by atoms with E-state index in [2.05, 4.69) is 39.5 Å². The van der Waals surface area contributed by atoms with Crippen molar-refractivity contribution in [3.8, 4) is 11.5 Å². The van der Waals surface area contributed by atoms with Crippen molar-refractivity contribution in [3.63, 3.8) is 0 Å². The van der Waals surface area contributed by atoms with E-state index in [1.807, 2.05) is 31.3 Å². The molecule has 0 bridgehead atoms. The lowest BCUT2D eigenvalue weighted by Crippen LogP contribution is -2.21. The maximum Gasteiger partial charge on any atom is 0.249 e. The average molecular weight is 334 g/mol. The van der Waals surface area contributed by atoms with Gasteiger partial charge in [-0.15, -0.1) is 21.5 Å². The van der Waals surface area contributed by atoms with Crippen LogP contribution in [0.5, 0.6) is 0 Å². The molecular formula is C16H16ClN3OS. The molecule has 0 saturated carbocycles. The molecule has 114 valence electrons. The lowest BCUT2D eigenvalue weighted by atomic mass is 10.2. The minimum absolute atomic E-state index is 0.302. The van der Waals surface area contributed by atoms with E-state index in [0.29, 0.717) is 29.4 Å². The van der Waals surface area contributed by atoms with Gasteiger partial charge < -0.3 is 4.42 Å². The number of hydrogen-bond acceptors (Lipinski definition) is 5. The second kappa shape index (κ2) is 6.60. The van der Waals surface area contributed by atoms with Crippen LogP contribution in [-0.2, 0) is 6.54 Å². The fraction of sp³-hybridized carbons (Fsp3) is 0.250. The predicted molar refractivity (Wildman–Crippen MR) is 88.9 cm³/mol. The largest absolute Gasteiger partial charge is 0.419 e. The van der Waals surface area contributed by atoms with Gasteiger partial charge in [0, 0.05) is 10.9 Å². The topological polar surface area (TPSA) is 42.2 Å². The Morgan fingerprint density at radius 1 is 1.23 bits per heavy atom. The summed E-state index contributed by atoms with van der Waals surface area (Å²) in [4.78, 5) is 3.49. The number of thiophene rings is 1. The van der Waals surface area contributed by atoms with Gasteiger partial charge in [0.1, 0.15) is 0 Å². The third kappa shape index (κ3) is 3.21. The van der Waals surface area contributed by atoms with Crippen LogP contribution in [0.4, 0.5) is 0 Å². The summed E-state index contributed by atoms with van der Waals surface area (Å²) < 4.78 is 5.74. The molecule has 6 heteroatoms. The Balaban J connectivity index is 1.73. The quantitative estimate of drug-likeness (QED) is 0.682. The summed E-state index contributed by atoms with van der Waals surface area (Å²) in [5.74, 6) is 1.04. The number of aromatic nitrogens is 2. The third-order valence-corrected chi connectivity index (χ3v) is 4.94. The average Bonchev–Trinajstić information content (AvgIpc) is 3.18. The Hall–Kier alpha value is -1.69. The van der Waals surface area contributed by atoms with Gasteiger partial charge in [0.2, 0.25) is 11.8 Å². The molecule has 22 heavy (non-hydrogen) atoms. The molecule has 0 spiro atoms. The van der Waals surface area contributed by atoms with Gasteiger partial charge in [-0.25, -0.2) is 0 Å². The van der Waals surface area contributed by atoms with Crippen LogP contribution in [0.3, 0.4) is 0 Å². The van der Waals surface area contributed by atoms with E-state index in [1.165, 1.54) is 4.88 Å². The molecular weight excluding hydrogens is 318 g/mol. The van der Waals surface area contributed by atoms with Crippen LogP contribution in [0.2, 0.25) is 5.02 Å². The van der Waals surface area contributed by atoms with Crippen molar-refractivity contribution in [2.75, 3.05) is 7.05 Å². The standard InChI is InChI=1S/C16H16ClN3OS/c1-11(14-8-5-9-22-14)20(2)10-15-18-19-16(21-15)12-6-3-4-7-13(12)17/h3-9,11H,10H2,1-2H3. The lowest BCUT2D eigenvalue weighted by Gasteiger charge is -2.21. The monoisotopic (exact) mass is 333 g/mol. The van der Waals surface area contributed by atoms with Crippen molar-refractivity contribution in [2.45, 2.75) is 19.5 Å². The fourth-order valence-corrected chi connectivity index (χ4v) is 3.22. The molecule has 0 radical (unpaired) electrons. The molecule has 1 aromatic carbocycles. The van der Waals surface area contributed by atoms with E-state index >= 15 is 0 Å². The van der Waals surface area contributed by atoms with Gasteiger partial charge in [0.15, 0.2) is 0 Å². The summed E-state index contributed by atoms with van der Waals surface area (Å²) >= 11 is 7.90. The van der Waals surface area contributed by atoms with Crippen LogP contribution >= 0.6 is 22.9 Å². The molecule has 0 N–H and O–H groups in total.